The molecule has 0 atom stereocenters. The van der Waals surface area contributed by atoms with Crippen LogP contribution in [0.15, 0.2) is 40.8 Å². The van der Waals surface area contributed by atoms with E-state index in [1.165, 1.54) is 283 Å². The highest BCUT2D eigenvalue weighted by molar-refractivity contribution is 5.63. The molecule has 0 bridgehead atoms. The van der Waals surface area contributed by atoms with Gasteiger partial charge in [-0.2, -0.15) is 0 Å². The van der Waals surface area contributed by atoms with E-state index in [0.717, 1.165) is 59.8 Å². The van der Waals surface area contributed by atoms with Crippen LogP contribution in [0.2, 0.25) is 0 Å². The summed E-state index contributed by atoms with van der Waals surface area (Å²) in [5.74, 6) is 4.04. The largest absolute Gasteiger partial charge is 0.490 e. The highest BCUT2D eigenvalue weighted by atomic mass is 16.5. The second-order valence-electron chi connectivity index (χ2n) is 23.2. The van der Waals surface area contributed by atoms with E-state index in [1.54, 1.807) is 0 Å². The zero-order valence-electron chi connectivity index (χ0n) is 51.2. The fourth-order valence-corrected chi connectivity index (χ4v) is 10.7. The van der Waals surface area contributed by atoms with Gasteiger partial charge in [-0.15, -0.1) is 10.2 Å². The molecule has 0 aliphatic rings. The number of hydrogen-bond acceptors (Lipinski definition) is 7. The molecule has 442 valence electrons. The van der Waals surface area contributed by atoms with E-state index in [4.69, 9.17) is 23.4 Å². The number of aromatic nitrogens is 2. The van der Waals surface area contributed by atoms with Crippen molar-refractivity contribution in [3.63, 3.8) is 0 Å². The molecule has 1 heterocycles. The monoisotopic (exact) mass is 1070 g/mol. The molecule has 0 radical (unpaired) electrons. The molecule has 2 aromatic carbocycles. The molecule has 3 aromatic rings. The van der Waals surface area contributed by atoms with Gasteiger partial charge < -0.3 is 23.4 Å². The number of hydrogen-bond donors (Lipinski definition) is 0. The van der Waals surface area contributed by atoms with Gasteiger partial charge in [0.25, 0.3) is 0 Å². The van der Waals surface area contributed by atoms with E-state index >= 15 is 0 Å². The fraction of sp³-hybridized carbons (Fsp3) is 0.800. The summed E-state index contributed by atoms with van der Waals surface area (Å²) in [7, 11) is 0. The van der Waals surface area contributed by atoms with E-state index < -0.39 is 0 Å². The van der Waals surface area contributed by atoms with Gasteiger partial charge in [-0.05, 0) is 62.1 Å². The zero-order chi connectivity index (χ0) is 54.6. The second kappa shape index (κ2) is 51.0. The molecular weight excluding hydrogens is 949 g/mol. The Kier molecular flexibility index (Phi) is 45.0. The molecule has 1 aromatic heterocycles. The number of nitrogens with zero attached hydrogens (tertiary/aromatic N) is 2. The second-order valence-corrected chi connectivity index (χ2v) is 23.2. The summed E-state index contributed by atoms with van der Waals surface area (Å²) in [6.07, 6.45) is 63.6. The maximum atomic E-state index is 6.52. The first-order valence-corrected chi connectivity index (χ1v) is 33.8. The number of ether oxygens (including phenoxy) is 4. The van der Waals surface area contributed by atoms with Crippen molar-refractivity contribution in [2.75, 3.05) is 26.4 Å². The van der Waals surface area contributed by atoms with E-state index in [9.17, 15) is 0 Å². The molecule has 0 aliphatic carbocycles. The SMILES string of the molecule is CCCCCCCCCCCCCCOc1ccc(-c2nnc(-c3ccc(OCCCCCCCCCCCCCC)c(OCCCCCCCCCCCCCC)c3)o2)cc1OCCCCCCCCCCCCCC. The van der Waals surface area contributed by atoms with Crippen LogP contribution in [0.4, 0.5) is 0 Å². The maximum absolute atomic E-state index is 6.52. The molecule has 0 saturated heterocycles. The number of benzene rings is 2. The normalized spacial score (nSPS) is 11.5. The summed E-state index contributed by atoms with van der Waals surface area (Å²) < 4.78 is 32.3. The highest BCUT2D eigenvalue weighted by Gasteiger charge is 2.17. The van der Waals surface area contributed by atoms with Crippen molar-refractivity contribution in [2.24, 2.45) is 0 Å². The van der Waals surface area contributed by atoms with Gasteiger partial charge >= 0.3 is 0 Å². The topological polar surface area (TPSA) is 75.8 Å². The summed E-state index contributed by atoms with van der Waals surface area (Å²) in [4.78, 5) is 0. The minimum atomic E-state index is 0.467. The minimum Gasteiger partial charge on any atom is -0.490 e. The van der Waals surface area contributed by atoms with Crippen molar-refractivity contribution in [1.82, 2.24) is 10.2 Å². The van der Waals surface area contributed by atoms with E-state index in [1.807, 2.05) is 36.4 Å². The van der Waals surface area contributed by atoms with Gasteiger partial charge in [0, 0.05) is 11.1 Å². The van der Waals surface area contributed by atoms with Gasteiger partial charge in [0.15, 0.2) is 23.0 Å². The van der Waals surface area contributed by atoms with Gasteiger partial charge in [-0.25, -0.2) is 0 Å². The van der Waals surface area contributed by atoms with E-state index in [0.29, 0.717) is 38.2 Å². The number of unbranched alkanes of at least 4 members (excludes halogenated alkanes) is 44. The predicted octanol–water partition coefficient (Wildman–Crippen LogP) is 23.7. The number of rotatable bonds is 58. The molecule has 0 amide bonds. The fourth-order valence-electron chi connectivity index (χ4n) is 10.7. The summed E-state index contributed by atoms with van der Waals surface area (Å²) in [5, 5.41) is 9.13. The van der Waals surface area contributed by atoms with Crippen molar-refractivity contribution < 1.29 is 23.4 Å². The van der Waals surface area contributed by atoms with Crippen LogP contribution >= 0.6 is 0 Å². The van der Waals surface area contributed by atoms with Gasteiger partial charge in [-0.1, -0.05) is 310 Å². The van der Waals surface area contributed by atoms with E-state index in [-0.39, 0.29) is 0 Å². The molecule has 0 fully saturated rings. The molecule has 7 nitrogen and oxygen atoms in total. The lowest BCUT2D eigenvalue weighted by molar-refractivity contribution is 0.258. The molecular formula is C70H122N2O5. The quantitative estimate of drug-likeness (QED) is 0.0521. The molecule has 0 N–H and O–H groups in total. The first-order chi connectivity index (χ1) is 38.2. The third-order valence-corrected chi connectivity index (χ3v) is 15.8. The van der Waals surface area contributed by atoms with Crippen molar-refractivity contribution in [3.05, 3.63) is 36.4 Å². The standard InChI is InChI=1S/C70H122N2O5/c1-5-9-13-17-21-25-29-33-37-41-45-49-57-73-65-55-53-63(61-67(65)75-59-51-47-43-39-35-31-27-23-19-15-11-7-3)69-71-72-70(77-69)64-54-56-66(74-58-50-46-42-38-34-30-26-22-18-14-10-6-2)68(62-64)76-60-52-48-44-40-36-32-28-24-20-16-12-8-4/h53-56,61-62H,5-52,57-60H2,1-4H3. The molecule has 77 heavy (non-hydrogen) atoms. The molecule has 0 aliphatic heterocycles. The highest BCUT2D eigenvalue weighted by Crippen LogP contribution is 2.37. The first kappa shape index (κ1) is 68.1. The third-order valence-electron chi connectivity index (χ3n) is 15.8. The zero-order valence-corrected chi connectivity index (χ0v) is 51.2. The Balaban J connectivity index is 1.58. The van der Waals surface area contributed by atoms with Crippen LogP contribution in [0.1, 0.15) is 336 Å². The van der Waals surface area contributed by atoms with Crippen molar-refractivity contribution in [1.29, 1.82) is 0 Å². The minimum absolute atomic E-state index is 0.467. The van der Waals surface area contributed by atoms with Crippen LogP contribution in [0.3, 0.4) is 0 Å². The van der Waals surface area contributed by atoms with Crippen LogP contribution in [0, 0.1) is 0 Å². The summed E-state index contributed by atoms with van der Waals surface area (Å²) in [5.41, 5.74) is 1.66. The van der Waals surface area contributed by atoms with Gasteiger partial charge in [0.05, 0.1) is 26.4 Å². The van der Waals surface area contributed by atoms with Crippen LogP contribution in [0.5, 0.6) is 23.0 Å². The van der Waals surface area contributed by atoms with Crippen molar-refractivity contribution in [3.8, 4) is 45.9 Å². The lowest BCUT2D eigenvalue weighted by Gasteiger charge is -2.14. The summed E-state index contributed by atoms with van der Waals surface area (Å²) in [6.45, 7) is 11.9. The summed E-state index contributed by atoms with van der Waals surface area (Å²) in [6, 6.07) is 12.2. The Morgan fingerprint density at radius 2 is 0.442 bits per heavy atom. The predicted molar refractivity (Wildman–Crippen MR) is 331 cm³/mol. The average Bonchev–Trinajstić information content (AvgIpc) is 3.96. The van der Waals surface area contributed by atoms with E-state index in [2.05, 4.69) is 37.9 Å². The Bertz CT molecular complexity index is 1600. The Hall–Kier alpha value is -3.22. The molecule has 0 unspecified atom stereocenters. The van der Waals surface area contributed by atoms with Crippen LogP contribution < -0.4 is 18.9 Å². The van der Waals surface area contributed by atoms with Crippen LogP contribution in [0.25, 0.3) is 22.9 Å². The molecule has 7 heteroatoms. The third kappa shape index (κ3) is 36.6. The maximum Gasteiger partial charge on any atom is 0.248 e. The lowest BCUT2D eigenvalue weighted by Crippen LogP contribution is -2.03. The lowest BCUT2D eigenvalue weighted by atomic mass is 10.1. The van der Waals surface area contributed by atoms with Gasteiger partial charge in [0.2, 0.25) is 11.8 Å². The van der Waals surface area contributed by atoms with Crippen molar-refractivity contribution >= 4 is 0 Å². The Morgan fingerprint density at radius 1 is 0.247 bits per heavy atom. The summed E-state index contributed by atoms with van der Waals surface area (Å²) >= 11 is 0. The molecule has 0 spiro atoms. The van der Waals surface area contributed by atoms with Crippen LogP contribution in [-0.4, -0.2) is 36.6 Å². The smallest absolute Gasteiger partial charge is 0.248 e. The Labute approximate surface area is 476 Å². The first-order valence-electron chi connectivity index (χ1n) is 33.8. The van der Waals surface area contributed by atoms with Gasteiger partial charge in [0.1, 0.15) is 0 Å². The van der Waals surface area contributed by atoms with Gasteiger partial charge in [-0.3, -0.25) is 0 Å². The molecule has 0 saturated carbocycles. The molecule has 3 rings (SSSR count). The Morgan fingerprint density at radius 3 is 0.662 bits per heavy atom. The van der Waals surface area contributed by atoms with Crippen LogP contribution in [-0.2, 0) is 0 Å². The van der Waals surface area contributed by atoms with Crippen molar-refractivity contribution in [2.45, 2.75) is 336 Å². The average molecular weight is 1070 g/mol.